The smallest absolute Gasteiger partial charge is 0.228 e. The zero-order valence-electron chi connectivity index (χ0n) is 14.0. The van der Waals surface area contributed by atoms with Crippen LogP contribution in [-0.2, 0) is 18.3 Å². The van der Waals surface area contributed by atoms with Gasteiger partial charge in [-0.15, -0.1) is 0 Å². The van der Waals surface area contributed by atoms with Crippen molar-refractivity contribution in [3.63, 3.8) is 0 Å². The van der Waals surface area contributed by atoms with E-state index < -0.39 is 0 Å². The number of rotatable bonds is 2. The van der Waals surface area contributed by atoms with Gasteiger partial charge in [-0.25, -0.2) is 0 Å². The topological polar surface area (TPSA) is 37.3 Å². The van der Waals surface area contributed by atoms with Crippen LogP contribution < -0.4 is 5.32 Å². The lowest BCUT2D eigenvalue weighted by atomic mass is 9.80. The number of benzene rings is 1. The minimum atomic E-state index is -0.0632. The van der Waals surface area contributed by atoms with E-state index in [0.717, 1.165) is 13.0 Å². The second-order valence-electron chi connectivity index (χ2n) is 6.75. The van der Waals surface area contributed by atoms with Crippen LogP contribution in [0.25, 0.3) is 16.5 Å². The second-order valence-corrected chi connectivity index (χ2v) is 6.75. The summed E-state index contributed by atoms with van der Waals surface area (Å²) in [4.78, 5) is 14.7. The molecule has 1 aromatic heterocycles. The van der Waals surface area contributed by atoms with Gasteiger partial charge in [0.1, 0.15) is 0 Å². The van der Waals surface area contributed by atoms with Crippen LogP contribution >= 0.6 is 0 Å². The Bertz CT molecular complexity index is 817. The number of aryl methyl sites for hydroxylation is 1. The van der Waals surface area contributed by atoms with Gasteiger partial charge in [-0.3, -0.25) is 9.69 Å². The van der Waals surface area contributed by atoms with E-state index in [-0.39, 0.29) is 11.8 Å². The molecule has 0 radical (unpaired) electrons. The van der Waals surface area contributed by atoms with Gasteiger partial charge in [0.25, 0.3) is 0 Å². The van der Waals surface area contributed by atoms with Gasteiger partial charge in [0, 0.05) is 43.3 Å². The standard InChI is InChI=1S/C19H23N3O/c1-4-20-19(23)13-8-15-14-6-5-7-16-18(14)12(10-21(16)2)9-17(15)22(3)11-13/h5-8,10,13,17H,4,9,11H2,1-3H3,(H,20,23). The molecule has 0 spiro atoms. The van der Waals surface area contributed by atoms with Gasteiger partial charge in [-0.05, 0) is 43.2 Å². The Balaban J connectivity index is 1.87. The minimum absolute atomic E-state index is 0.0632. The summed E-state index contributed by atoms with van der Waals surface area (Å²) in [6.07, 6.45) is 5.49. The number of hydrogen-bond acceptors (Lipinski definition) is 2. The average molecular weight is 309 g/mol. The van der Waals surface area contributed by atoms with Gasteiger partial charge < -0.3 is 9.88 Å². The first-order chi connectivity index (χ1) is 11.1. The molecule has 2 aliphatic rings. The molecule has 0 saturated carbocycles. The summed E-state index contributed by atoms with van der Waals surface area (Å²) < 4.78 is 2.22. The molecule has 0 saturated heterocycles. The third-order valence-corrected chi connectivity index (χ3v) is 5.26. The molecule has 0 bridgehead atoms. The van der Waals surface area contributed by atoms with E-state index >= 15 is 0 Å². The van der Waals surface area contributed by atoms with Crippen molar-refractivity contribution in [2.24, 2.45) is 13.0 Å². The minimum Gasteiger partial charge on any atom is -0.356 e. The van der Waals surface area contributed by atoms with Crippen LogP contribution in [0.3, 0.4) is 0 Å². The van der Waals surface area contributed by atoms with E-state index in [1.807, 2.05) is 6.92 Å². The number of hydrogen-bond donors (Lipinski definition) is 1. The third-order valence-electron chi connectivity index (χ3n) is 5.26. The van der Waals surface area contributed by atoms with Gasteiger partial charge in [0.15, 0.2) is 0 Å². The van der Waals surface area contributed by atoms with Crippen molar-refractivity contribution in [1.82, 2.24) is 14.8 Å². The van der Waals surface area contributed by atoms with E-state index in [1.54, 1.807) is 0 Å². The van der Waals surface area contributed by atoms with Gasteiger partial charge in [0.05, 0.1) is 5.92 Å². The Hall–Kier alpha value is -2.07. The molecule has 120 valence electrons. The summed E-state index contributed by atoms with van der Waals surface area (Å²) in [5.41, 5.74) is 5.32. The molecule has 2 atom stereocenters. The maximum atomic E-state index is 12.3. The maximum Gasteiger partial charge on any atom is 0.228 e. The normalized spacial score (nSPS) is 23.5. The molecule has 1 aromatic carbocycles. The molecule has 1 aliphatic carbocycles. The molecule has 2 unspecified atom stereocenters. The SMILES string of the molecule is CCNC(=O)C1C=C2c3cccc4c3c(cn4C)CC2N(C)C1. The fourth-order valence-electron chi connectivity index (χ4n) is 4.20. The highest BCUT2D eigenvalue weighted by Crippen LogP contribution is 2.41. The first kappa shape index (κ1) is 14.5. The van der Waals surface area contributed by atoms with E-state index in [4.69, 9.17) is 0 Å². The predicted octanol–water partition coefficient (Wildman–Crippen LogP) is 2.18. The van der Waals surface area contributed by atoms with E-state index in [2.05, 4.69) is 59.4 Å². The zero-order valence-corrected chi connectivity index (χ0v) is 14.0. The Labute approximate surface area is 136 Å². The van der Waals surface area contributed by atoms with Crippen molar-refractivity contribution >= 4 is 22.4 Å². The molecule has 1 amide bonds. The van der Waals surface area contributed by atoms with Gasteiger partial charge >= 0.3 is 0 Å². The lowest BCUT2D eigenvalue weighted by Gasteiger charge is -2.39. The van der Waals surface area contributed by atoms with Crippen molar-refractivity contribution in [3.8, 4) is 0 Å². The Kier molecular flexibility index (Phi) is 3.31. The fourth-order valence-corrected chi connectivity index (χ4v) is 4.20. The monoisotopic (exact) mass is 309 g/mol. The van der Waals surface area contributed by atoms with Crippen LogP contribution in [0.5, 0.6) is 0 Å². The summed E-state index contributed by atoms with van der Waals surface area (Å²) in [5, 5.41) is 4.33. The summed E-state index contributed by atoms with van der Waals surface area (Å²) in [6.45, 7) is 3.44. The Morgan fingerprint density at radius 3 is 2.96 bits per heavy atom. The molecular formula is C19H23N3O. The number of nitrogens with one attached hydrogen (secondary N) is 1. The van der Waals surface area contributed by atoms with Crippen molar-refractivity contribution in [3.05, 3.63) is 41.6 Å². The van der Waals surface area contributed by atoms with E-state index in [1.165, 1.54) is 27.6 Å². The Morgan fingerprint density at radius 2 is 2.17 bits per heavy atom. The number of carbonyl (C=O) groups is 1. The number of aromatic nitrogens is 1. The maximum absolute atomic E-state index is 12.3. The van der Waals surface area contributed by atoms with Crippen LogP contribution in [0.15, 0.2) is 30.5 Å². The van der Waals surface area contributed by atoms with Crippen molar-refractivity contribution in [2.75, 3.05) is 20.1 Å². The predicted molar refractivity (Wildman–Crippen MR) is 93.2 cm³/mol. The third kappa shape index (κ3) is 2.12. The highest BCUT2D eigenvalue weighted by atomic mass is 16.1. The van der Waals surface area contributed by atoms with Gasteiger partial charge in [-0.1, -0.05) is 18.2 Å². The highest BCUT2D eigenvalue weighted by molar-refractivity contribution is 5.99. The van der Waals surface area contributed by atoms with Crippen LogP contribution in [-0.4, -0.2) is 41.6 Å². The van der Waals surface area contributed by atoms with Crippen molar-refractivity contribution in [2.45, 2.75) is 19.4 Å². The first-order valence-electron chi connectivity index (χ1n) is 8.37. The molecule has 23 heavy (non-hydrogen) atoms. The average Bonchev–Trinajstić information content (AvgIpc) is 2.86. The lowest BCUT2D eigenvalue weighted by molar-refractivity contribution is -0.124. The van der Waals surface area contributed by atoms with E-state index in [0.29, 0.717) is 12.6 Å². The van der Waals surface area contributed by atoms with Crippen LogP contribution in [0.4, 0.5) is 0 Å². The lowest BCUT2D eigenvalue weighted by Crippen LogP contribution is -2.46. The number of likely N-dealkylation sites (N-methyl/N-ethyl adjacent to an activating group) is 1. The zero-order chi connectivity index (χ0) is 16.1. The van der Waals surface area contributed by atoms with Crippen LogP contribution in [0.2, 0.25) is 0 Å². The largest absolute Gasteiger partial charge is 0.356 e. The first-order valence-corrected chi connectivity index (χ1v) is 8.37. The second kappa shape index (κ2) is 5.24. The Morgan fingerprint density at radius 1 is 1.35 bits per heavy atom. The summed E-state index contributed by atoms with van der Waals surface area (Å²) in [6, 6.07) is 6.89. The van der Waals surface area contributed by atoms with Crippen LogP contribution in [0.1, 0.15) is 18.1 Å². The quantitative estimate of drug-likeness (QED) is 0.923. The molecule has 1 aliphatic heterocycles. The molecule has 2 heterocycles. The van der Waals surface area contributed by atoms with E-state index in [9.17, 15) is 4.79 Å². The molecule has 1 N–H and O–H groups in total. The molecule has 2 aromatic rings. The van der Waals surface area contributed by atoms with Gasteiger partial charge in [0.2, 0.25) is 5.91 Å². The van der Waals surface area contributed by atoms with Crippen molar-refractivity contribution < 1.29 is 4.79 Å². The summed E-state index contributed by atoms with van der Waals surface area (Å²) >= 11 is 0. The number of carbonyl (C=O) groups excluding carboxylic acids is 1. The van der Waals surface area contributed by atoms with Gasteiger partial charge in [-0.2, -0.15) is 0 Å². The highest BCUT2D eigenvalue weighted by Gasteiger charge is 2.35. The molecule has 4 nitrogen and oxygen atoms in total. The molecule has 4 rings (SSSR count). The molecular weight excluding hydrogens is 286 g/mol. The van der Waals surface area contributed by atoms with Crippen molar-refractivity contribution in [1.29, 1.82) is 0 Å². The number of nitrogens with zero attached hydrogens (tertiary/aromatic N) is 2. The van der Waals surface area contributed by atoms with Crippen LogP contribution in [0, 0.1) is 5.92 Å². The number of amides is 1. The molecule has 0 fully saturated rings. The fraction of sp³-hybridized carbons (Fsp3) is 0.421. The molecule has 4 heteroatoms. The number of fused-ring (bicyclic) bond motifs is 2. The summed E-state index contributed by atoms with van der Waals surface area (Å²) in [5.74, 6) is 0.0723. The summed E-state index contributed by atoms with van der Waals surface area (Å²) in [7, 11) is 4.25.